The molecule has 0 aliphatic carbocycles. The van der Waals surface area contributed by atoms with E-state index < -0.39 is 0 Å². The van der Waals surface area contributed by atoms with Crippen molar-refractivity contribution in [3.8, 4) is 0 Å². The molecule has 0 aromatic heterocycles. The lowest BCUT2D eigenvalue weighted by atomic mass is 10.1. The van der Waals surface area contributed by atoms with Crippen LogP contribution in [-0.2, 0) is 0 Å². The Hall–Kier alpha value is -1.38. The van der Waals surface area contributed by atoms with E-state index in [1.165, 1.54) is 12.1 Å². The van der Waals surface area contributed by atoms with Gasteiger partial charge < -0.3 is 5.32 Å². The lowest BCUT2D eigenvalue weighted by molar-refractivity contribution is 0.0938. The molecular formula is C12H16FNO. The fraction of sp³-hybridized carbons (Fsp3) is 0.417. The van der Waals surface area contributed by atoms with Crippen LogP contribution in [0.2, 0.25) is 0 Å². The van der Waals surface area contributed by atoms with E-state index in [0.29, 0.717) is 5.56 Å². The Morgan fingerprint density at radius 1 is 1.47 bits per heavy atom. The van der Waals surface area contributed by atoms with Gasteiger partial charge in [-0.3, -0.25) is 4.79 Å². The van der Waals surface area contributed by atoms with Gasteiger partial charge >= 0.3 is 0 Å². The molecule has 0 bridgehead atoms. The van der Waals surface area contributed by atoms with Crippen LogP contribution >= 0.6 is 0 Å². The minimum atomic E-state index is -0.371. The van der Waals surface area contributed by atoms with Crippen LogP contribution in [0.3, 0.4) is 0 Å². The van der Waals surface area contributed by atoms with Crippen LogP contribution in [0.15, 0.2) is 18.2 Å². The number of carbonyl (C=O) groups excluding carboxylic acids is 1. The lowest BCUT2D eigenvalue weighted by Crippen LogP contribution is -2.32. The zero-order valence-electron chi connectivity index (χ0n) is 9.30. The number of nitrogens with one attached hydrogen (secondary N) is 1. The molecule has 1 aromatic carbocycles. The van der Waals surface area contributed by atoms with Crippen molar-refractivity contribution in [1.29, 1.82) is 0 Å². The molecule has 1 unspecified atom stereocenters. The molecule has 0 radical (unpaired) electrons. The number of hydrogen-bond acceptors (Lipinski definition) is 1. The number of amides is 1. The third-order valence-electron chi connectivity index (χ3n) is 2.29. The maximum absolute atomic E-state index is 13.0. The summed E-state index contributed by atoms with van der Waals surface area (Å²) in [6.45, 7) is 5.68. The molecule has 0 heterocycles. The van der Waals surface area contributed by atoms with E-state index in [0.717, 1.165) is 12.0 Å². The molecule has 2 nitrogen and oxygen atoms in total. The number of carbonyl (C=O) groups is 1. The quantitative estimate of drug-likeness (QED) is 0.814. The van der Waals surface area contributed by atoms with E-state index in [1.807, 2.05) is 13.8 Å². The number of hydrogen-bond donors (Lipinski definition) is 1. The van der Waals surface area contributed by atoms with Gasteiger partial charge in [-0.15, -0.1) is 0 Å². The highest BCUT2D eigenvalue weighted by atomic mass is 19.1. The molecule has 0 saturated carbocycles. The van der Waals surface area contributed by atoms with Gasteiger partial charge in [-0.25, -0.2) is 4.39 Å². The van der Waals surface area contributed by atoms with Gasteiger partial charge in [0.05, 0.1) is 0 Å². The summed E-state index contributed by atoms with van der Waals surface area (Å²) in [5.74, 6) is -0.587. The Morgan fingerprint density at radius 2 is 2.13 bits per heavy atom. The summed E-state index contributed by atoms with van der Waals surface area (Å²) in [4.78, 5) is 11.6. The van der Waals surface area contributed by atoms with E-state index in [1.54, 1.807) is 13.0 Å². The molecule has 15 heavy (non-hydrogen) atoms. The molecule has 0 saturated heterocycles. The molecular weight excluding hydrogens is 193 g/mol. The van der Waals surface area contributed by atoms with Crippen molar-refractivity contribution in [1.82, 2.24) is 5.32 Å². The Labute approximate surface area is 89.5 Å². The van der Waals surface area contributed by atoms with E-state index >= 15 is 0 Å². The zero-order chi connectivity index (χ0) is 11.4. The molecule has 1 N–H and O–H groups in total. The van der Waals surface area contributed by atoms with Crippen LogP contribution in [0.5, 0.6) is 0 Å². The second-order valence-corrected chi connectivity index (χ2v) is 3.80. The fourth-order valence-corrected chi connectivity index (χ4v) is 1.28. The van der Waals surface area contributed by atoms with Gasteiger partial charge in [-0.05, 0) is 44.0 Å². The van der Waals surface area contributed by atoms with Crippen molar-refractivity contribution in [3.63, 3.8) is 0 Å². The number of aryl methyl sites for hydroxylation is 1. The molecule has 0 spiro atoms. The second kappa shape index (κ2) is 4.91. The summed E-state index contributed by atoms with van der Waals surface area (Å²) in [6, 6.07) is 4.45. The maximum atomic E-state index is 13.0. The molecule has 1 rings (SSSR count). The van der Waals surface area contributed by atoms with Crippen molar-refractivity contribution in [3.05, 3.63) is 35.1 Å². The molecule has 1 aromatic rings. The van der Waals surface area contributed by atoms with Crippen LogP contribution in [0, 0.1) is 12.7 Å². The van der Waals surface area contributed by atoms with E-state index in [4.69, 9.17) is 0 Å². The normalized spacial score (nSPS) is 12.3. The Kier molecular flexibility index (Phi) is 3.83. The first-order valence-electron chi connectivity index (χ1n) is 5.11. The van der Waals surface area contributed by atoms with E-state index in [2.05, 4.69) is 5.32 Å². The minimum Gasteiger partial charge on any atom is -0.350 e. The topological polar surface area (TPSA) is 29.1 Å². The van der Waals surface area contributed by atoms with Gasteiger partial charge in [0.1, 0.15) is 5.82 Å². The van der Waals surface area contributed by atoms with Gasteiger partial charge in [-0.2, -0.15) is 0 Å². The third-order valence-corrected chi connectivity index (χ3v) is 2.29. The van der Waals surface area contributed by atoms with Crippen molar-refractivity contribution in [2.45, 2.75) is 33.2 Å². The highest BCUT2D eigenvalue weighted by Crippen LogP contribution is 2.08. The molecule has 82 valence electrons. The summed E-state index contributed by atoms with van der Waals surface area (Å²) in [7, 11) is 0. The lowest BCUT2D eigenvalue weighted by Gasteiger charge is -2.11. The molecule has 0 fully saturated rings. The van der Waals surface area contributed by atoms with Gasteiger partial charge in [0.25, 0.3) is 5.91 Å². The molecule has 3 heteroatoms. The fourth-order valence-electron chi connectivity index (χ4n) is 1.28. The van der Waals surface area contributed by atoms with E-state index in [9.17, 15) is 9.18 Å². The number of rotatable bonds is 3. The molecule has 0 aliphatic heterocycles. The summed E-state index contributed by atoms with van der Waals surface area (Å²) in [6.07, 6.45) is 0.861. The molecule has 0 aliphatic rings. The van der Waals surface area contributed by atoms with Crippen LogP contribution in [0.1, 0.15) is 36.2 Å². The SMILES string of the molecule is CCC(C)NC(=O)c1cc(C)cc(F)c1. The van der Waals surface area contributed by atoms with Crippen LogP contribution in [-0.4, -0.2) is 11.9 Å². The Balaban J connectivity index is 2.82. The summed E-state index contributed by atoms with van der Waals surface area (Å²) >= 11 is 0. The first-order valence-corrected chi connectivity index (χ1v) is 5.11. The average Bonchev–Trinajstić information content (AvgIpc) is 2.16. The van der Waals surface area contributed by atoms with Crippen molar-refractivity contribution < 1.29 is 9.18 Å². The van der Waals surface area contributed by atoms with Gasteiger partial charge in [0, 0.05) is 11.6 Å². The van der Waals surface area contributed by atoms with Crippen LogP contribution < -0.4 is 5.32 Å². The van der Waals surface area contributed by atoms with Crippen molar-refractivity contribution in [2.24, 2.45) is 0 Å². The monoisotopic (exact) mass is 209 g/mol. The predicted molar refractivity (Wildman–Crippen MR) is 58.4 cm³/mol. The number of benzene rings is 1. The van der Waals surface area contributed by atoms with Crippen LogP contribution in [0.25, 0.3) is 0 Å². The highest BCUT2D eigenvalue weighted by Gasteiger charge is 2.09. The van der Waals surface area contributed by atoms with Gasteiger partial charge in [0.15, 0.2) is 0 Å². The molecule has 1 amide bonds. The standard InChI is InChI=1S/C12H16FNO/c1-4-9(3)14-12(15)10-5-8(2)6-11(13)7-10/h5-7,9H,4H2,1-3H3,(H,14,15). The van der Waals surface area contributed by atoms with Gasteiger partial charge in [0.2, 0.25) is 0 Å². The first kappa shape index (κ1) is 11.7. The van der Waals surface area contributed by atoms with Crippen molar-refractivity contribution in [2.75, 3.05) is 0 Å². The number of halogens is 1. The van der Waals surface area contributed by atoms with Crippen LogP contribution in [0.4, 0.5) is 4.39 Å². The minimum absolute atomic E-state index is 0.112. The maximum Gasteiger partial charge on any atom is 0.251 e. The van der Waals surface area contributed by atoms with E-state index in [-0.39, 0.29) is 17.8 Å². The Morgan fingerprint density at radius 3 is 2.67 bits per heavy atom. The predicted octanol–water partition coefficient (Wildman–Crippen LogP) is 2.66. The zero-order valence-corrected chi connectivity index (χ0v) is 9.30. The summed E-state index contributed by atoms with van der Waals surface area (Å²) in [5, 5.41) is 2.79. The smallest absolute Gasteiger partial charge is 0.251 e. The summed E-state index contributed by atoms with van der Waals surface area (Å²) < 4.78 is 13.0. The average molecular weight is 209 g/mol. The first-order chi connectivity index (χ1) is 7.02. The second-order valence-electron chi connectivity index (χ2n) is 3.80. The molecule has 1 atom stereocenters. The Bertz CT molecular complexity index is 342. The highest BCUT2D eigenvalue weighted by molar-refractivity contribution is 5.94. The largest absolute Gasteiger partial charge is 0.350 e. The summed E-state index contributed by atoms with van der Waals surface area (Å²) in [5.41, 5.74) is 1.14. The van der Waals surface area contributed by atoms with Crippen molar-refractivity contribution >= 4 is 5.91 Å². The third kappa shape index (κ3) is 3.35. The van der Waals surface area contributed by atoms with Gasteiger partial charge in [-0.1, -0.05) is 6.92 Å².